The van der Waals surface area contributed by atoms with Gasteiger partial charge in [-0.25, -0.2) is 0 Å². The molecule has 0 radical (unpaired) electrons. The highest BCUT2D eigenvalue weighted by molar-refractivity contribution is 8.77. The van der Waals surface area contributed by atoms with E-state index in [-0.39, 0.29) is 5.91 Å². The van der Waals surface area contributed by atoms with E-state index in [4.69, 9.17) is 11.5 Å². The third kappa shape index (κ3) is 4.66. The van der Waals surface area contributed by atoms with E-state index in [1.807, 2.05) is 21.6 Å². The van der Waals surface area contributed by atoms with Crippen molar-refractivity contribution in [3.63, 3.8) is 0 Å². The second-order valence-corrected chi connectivity index (χ2v) is 6.93. The van der Waals surface area contributed by atoms with E-state index in [1.54, 1.807) is 0 Å². The van der Waals surface area contributed by atoms with Gasteiger partial charge in [-0.2, -0.15) is 0 Å². The SMILES string of the molecule is NCCC1(CCCCC(N)=O)CCSS1. The Hall–Kier alpha value is 0.130. The number of carbonyl (C=O) groups is 1. The molecule has 1 unspecified atom stereocenters. The second-order valence-electron chi connectivity index (χ2n) is 4.05. The third-order valence-corrected chi connectivity index (χ3v) is 6.15. The highest BCUT2D eigenvalue weighted by atomic mass is 33.1. The summed E-state index contributed by atoms with van der Waals surface area (Å²) < 4.78 is 0.386. The first-order valence-electron chi connectivity index (χ1n) is 5.47. The first-order chi connectivity index (χ1) is 7.18. The summed E-state index contributed by atoms with van der Waals surface area (Å²) in [6.07, 6.45) is 6.08. The van der Waals surface area contributed by atoms with E-state index in [1.165, 1.54) is 18.6 Å². The van der Waals surface area contributed by atoms with Crippen LogP contribution in [0.15, 0.2) is 0 Å². The molecule has 1 fully saturated rings. The lowest BCUT2D eigenvalue weighted by Gasteiger charge is -2.26. The van der Waals surface area contributed by atoms with Crippen molar-refractivity contribution in [2.45, 2.75) is 43.3 Å². The molecular formula is C10H20N2OS2. The summed E-state index contributed by atoms with van der Waals surface area (Å²) in [5.74, 6) is 1.05. The van der Waals surface area contributed by atoms with Crippen LogP contribution in [0.25, 0.3) is 0 Å². The van der Waals surface area contributed by atoms with Gasteiger partial charge in [0.25, 0.3) is 0 Å². The summed E-state index contributed by atoms with van der Waals surface area (Å²) in [6.45, 7) is 0.767. The van der Waals surface area contributed by atoms with Gasteiger partial charge >= 0.3 is 0 Å². The predicted octanol–water partition coefficient (Wildman–Crippen LogP) is 1.90. The Morgan fingerprint density at radius 2 is 2.13 bits per heavy atom. The first kappa shape index (κ1) is 13.2. The molecule has 1 saturated heterocycles. The monoisotopic (exact) mass is 248 g/mol. The number of hydrogen-bond donors (Lipinski definition) is 2. The minimum atomic E-state index is -0.184. The number of hydrogen-bond acceptors (Lipinski definition) is 4. The molecule has 0 saturated carbocycles. The molecule has 3 nitrogen and oxygen atoms in total. The zero-order valence-electron chi connectivity index (χ0n) is 9.04. The highest BCUT2D eigenvalue weighted by Crippen LogP contribution is 2.51. The first-order valence-corrected chi connectivity index (χ1v) is 7.79. The van der Waals surface area contributed by atoms with Gasteiger partial charge in [-0.1, -0.05) is 28.0 Å². The molecule has 1 aliphatic rings. The fourth-order valence-electron chi connectivity index (χ4n) is 1.90. The molecule has 0 aliphatic carbocycles. The van der Waals surface area contributed by atoms with Crippen LogP contribution in [0.4, 0.5) is 0 Å². The highest BCUT2D eigenvalue weighted by Gasteiger charge is 2.33. The molecule has 15 heavy (non-hydrogen) atoms. The molecular weight excluding hydrogens is 228 g/mol. The Morgan fingerprint density at radius 1 is 1.33 bits per heavy atom. The topological polar surface area (TPSA) is 69.1 Å². The van der Waals surface area contributed by atoms with Crippen LogP contribution in [0.5, 0.6) is 0 Å². The van der Waals surface area contributed by atoms with Gasteiger partial charge in [-0.3, -0.25) is 4.79 Å². The van der Waals surface area contributed by atoms with Gasteiger partial charge in [-0.05, 0) is 32.2 Å². The van der Waals surface area contributed by atoms with E-state index in [2.05, 4.69) is 0 Å². The molecule has 1 heterocycles. The molecule has 88 valence electrons. The maximum Gasteiger partial charge on any atom is 0.217 e. The number of rotatable bonds is 7. The molecule has 5 heteroatoms. The van der Waals surface area contributed by atoms with Crippen molar-refractivity contribution in [2.75, 3.05) is 12.3 Å². The molecule has 1 atom stereocenters. The average molecular weight is 248 g/mol. The number of carbonyl (C=O) groups excluding carboxylic acids is 1. The summed E-state index contributed by atoms with van der Waals surface area (Å²) in [6, 6.07) is 0. The summed E-state index contributed by atoms with van der Waals surface area (Å²) in [7, 11) is 3.95. The van der Waals surface area contributed by atoms with Gasteiger partial charge < -0.3 is 11.5 Å². The van der Waals surface area contributed by atoms with Crippen LogP contribution in [0, 0.1) is 0 Å². The molecule has 0 aromatic heterocycles. The van der Waals surface area contributed by atoms with Crippen molar-refractivity contribution in [2.24, 2.45) is 11.5 Å². The van der Waals surface area contributed by atoms with E-state index in [9.17, 15) is 4.79 Å². The van der Waals surface area contributed by atoms with Crippen LogP contribution in [0.2, 0.25) is 0 Å². The van der Waals surface area contributed by atoms with Crippen molar-refractivity contribution >= 4 is 27.5 Å². The zero-order chi connectivity index (χ0) is 11.1. The molecule has 0 bridgehead atoms. The van der Waals surface area contributed by atoms with Crippen LogP contribution in [0.1, 0.15) is 38.5 Å². The predicted molar refractivity (Wildman–Crippen MR) is 68.7 cm³/mol. The number of nitrogens with two attached hydrogens (primary N) is 2. The van der Waals surface area contributed by atoms with E-state index >= 15 is 0 Å². The van der Waals surface area contributed by atoms with Crippen LogP contribution in [0.3, 0.4) is 0 Å². The van der Waals surface area contributed by atoms with Crippen molar-refractivity contribution < 1.29 is 4.79 Å². The maximum atomic E-state index is 10.6. The Morgan fingerprint density at radius 3 is 2.67 bits per heavy atom. The molecule has 1 aliphatic heterocycles. The Bertz CT molecular complexity index is 206. The standard InChI is InChI=1S/C10H20N2OS2/c11-7-5-10(6-8-14-15-10)4-2-1-3-9(12)13/h1-8,11H2,(H2,12,13). The number of primary amides is 1. The third-order valence-electron chi connectivity index (χ3n) is 2.78. The zero-order valence-corrected chi connectivity index (χ0v) is 10.7. The van der Waals surface area contributed by atoms with E-state index in [0.717, 1.165) is 25.8 Å². The number of unbranched alkanes of at least 4 members (excludes halogenated alkanes) is 1. The van der Waals surface area contributed by atoms with Crippen LogP contribution in [-0.2, 0) is 4.79 Å². The lowest BCUT2D eigenvalue weighted by Crippen LogP contribution is -2.25. The summed E-state index contributed by atoms with van der Waals surface area (Å²) in [5, 5.41) is 0. The van der Waals surface area contributed by atoms with Crippen molar-refractivity contribution in [3.05, 3.63) is 0 Å². The Balaban J connectivity index is 2.23. The molecule has 0 spiro atoms. The smallest absolute Gasteiger partial charge is 0.217 e. The maximum absolute atomic E-state index is 10.6. The van der Waals surface area contributed by atoms with Gasteiger partial charge in [0.05, 0.1) is 0 Å². The lowest BCUT2D eigenvalue weighted by atomic mass is 9.94. The fraction of sp³-hybridized carbons (Fsp3) is 0.900. The second kappa shape index (κ2) is 6.66. The van der Waals surface area contributed by atoms with Crippen molar-refractivity contribution in [1.29, 1.82) is 0 Å². The van der Waals surface area contributed by atoms with Gasteiger partial charge in [-0.15, -0.1) is 0 Å². The van der Waals surface area contributed by atoms with Gasteiger partial charge in [0.1, 0.15) is 0 Å². The summed E-state index contributed by atoms with van der Waals surface area (Å²) in [5.41, 5.74) is 10.8. The normalized spacial score (nSPS) is 25.7. The van der Waals surface area contributed by atoms with Gasteiger partial charge in [0.15, 0.2) is 0 Å². The average Bonchev–Trinajstić information content (AvgIpc) is 2.62. The Kier molecular flexibility index (Phi) is 5.86. The fourth-order valence-corrected chi connectivity index (χ4v) is 5.45. The number of amides is 1. The largest absolute Gasteiger partial charge is 0.370 e. The Labute approximate surface area is 99.5 Å². The minimum Gasteiger partial charge on any atom is -0.370 e. The van der Waals surface area contributed by atoms with E-state index in [0.29, 0.717) is 11.2 Å². The lowest BCUT2D eigenvalue weighted by molar-refractivity contribution is -0.118. The van der Waals surface area contributed by atoms with Crippen LogP contribution >= 0.6 is 21.6 Å². The van der Waals surface area contributed by atoms with Crippen molar-refractivity contribution in [1.82, 2.24) is 0 Å². The van der Waals surface area contributed by atoms with Crippen LogP contribution < -0.4 is 11.5 Å². The van der Waals surface area contributed by atoms with Crippen LogP contribution in [-0.4, -0.2) is 23.0 Å². The molecule has 1 amide bonds. The summed E-state index contributed by atoms with van der Waals surface area (Å²) >= 11 is 0. The van der Waals surface area contributed by atoms with Crippen molar-refractivity contribution in [3.8, 4) is 0 Å². The van der Waals surface area contributed by atoms with Gasteiger partial charge in [0, 0.05) is 16.9 Å². The molecule has 0 aromatic carbocycles. The van der Waals surface area contributed by atoms with E-state index < -0.39 is 0 Å². The molecule has 0 aromatic rings. The molecule has 1 rings (SSSR count). The minimum absolute atomic E-state index is 0.184. The summed E-state index contributed by atoms with van der Waals surface area (Å²) in [4.78, 5) is 10.6. The molecule has 4 N–H and O–H groups in total. The quantitative estimate of drug-likeness (QED) is 0.533. The van der Waals surface area contributed by atoms with Gasteiger partial charge in [0.2, 0.25) is 5.91 Å².